The molecule has 0 aromatic carbocycles. The van der Waals surface area contributed by atoms with Gasteiger partial charge in [-0.25, -0.2) is 4.68 Å². The molecular weight excluding hydrogens is 368 g/mol. The van der Waals surface area contributed by atoms with E-state index in [0.29, 0.717) is 6.54 Å². The SMILES string of the molecule is CCn1nc(C)c(CCN(C)C(=O)C2CCN(c3cnn(C)c(=O)c3)CC2)c1C. The molecule has 0 spiro atoms. The first-order chi connectivity index (χ1) is 13.8. The topological polar surface area (TPSA) is 76.3 Å². The van der Waals surface area contributed by atoms with Crippen molar-refractivity contribution in [2.75, 3.05) is 31.6 Å². The molecule has 1 amide bonds. The first-order valence-corrected chi connectivity index (χ1v) is 10.4. The summed E-state index contributed by atoms with van der Waals surface area (Å²) in [5.74, 6) is 0.251. The van der Waals surface area contributed by atoms with Crippen LogP contribution in [0.15, 0.2) is 17.1 Å². The Labute approximate surface area is 172 Å². The van der Waals surface area contributed by atoms with Gasteiger partial charge in [-0.05, 0) is 45.6 Å². The number of likely N-dealkylation sites (N-methyl/N-ethyl adjacent to an activating group) is 1. The maximum Gasteiger partial charge on any atom is 0.268 e. The van der Waals surface area contributed by atoms with E-state index in [1.54, 1.807) is 19.3 Å². The van der Waals surface area contributed by atoms with Gasteiger partial charge in [-0.2, -0.15) is 10.2 Å². The van der Waals surface area contributed by atoms with Crippen molar-refractivity contribution in [2.45, 2.75) is 46.6 Å². The maximum absolute atomic E-state index is 12.9. The summed E-state index contributed by atoms with van der Waals surface area (Å²) >= 11 is 0. The van der Waals surface area contributed by atoms with E-state index in [9.17, 15) is 9.59 Å². The number of rotatable bonds is 6. The molecular formula is C21H32N6O2. The summed E-state index contributed by atoms with van der Waals surface area (Å²) in [5, 5.41) is 8.66. The van der Waals surface area contributed by atoms with E-state index in [4.69, 9.17) is 0 Å². The molecule has 0 N–H and O–H groups in total. The van der Waals surface area contributed by atoms with Crippen LogP contribution in [0.2, 0.25) is 0 Å². The fraction of sp³-hybridized carbons (Fsp3) is 0.619. The van der Waals surface area contributed by atoms with Gasteiger partial charge in [-0.3, -0.25) is 14.3 Å². The van der Waals surface area contributed by atoms with Crippen LogP contribution in [0.1, 0.15) is 36.7 Å². The van der Waals surface area contributed by atoms with Gasteiger partial charge >= 0.3 is 0 Å². The van der Waals surface area contributed by atoms with Gasteiger partial charge in [0.1, 0.15) is 0 Å². The zero-order valence-corrected chi connectivity index (χ0v) is 18.2. The van der Waals surface area contributed by atoms with Gasteiger partial charge < -0.3 is 9.80 Å². The summed E-state index contributed by atoms with van der Waals surface area (Å²) in [4.78, 5) is 28.7. The zero-order chi connectivity index (χ0) is 21.1. The molecule has 1 aliphatic rings. The van der Waals surface area contributed by atoms with Gasteiger partial charge in [-0.15, -0.1) is 0 Å². The third kappa shape index (κ3) is 4.52. The normalized spacial score (nSPS) is 15.0. The molecule has 8 nitrogen and oxygen atoms in total. The van der Waals surface area contributed by atoms with Crippen LogP contribution in [0, 0.1) is 19.8 Å². The van der Waals surface area contributed by atoms with E-state index in [1.807, 2.05) is 23.6 Å². The van der Waals surface area contributed by atoms with E-state index < -0.39 is 0 Å². The Kier molecular flexibility index (Phi) is 6.39. The summed E-state index contributed by atoms with van der Waals surface area (Å²) in [6.07, 6.45) is 4.14. The lowest BCUT2D eigenvalue weighted by Crippen LogP contribution is -2.42. The standard InChI is InChI=1S/C21H32N6O2/c1-6-27-16(3)19(15(2)23-27)9-10-24(4)21(29)17-7-11-26(12-8-17)18-13-20(28)25(5)22-14-18/h13-14,17H,6-12H2,1-5H3. The number of anilines is 1. The summed E-state index contributed by atoms with van der Waals surface area (Å²) < 4.78 is 3.34. The number of aromatic nitrogens is 4. The Balaban J connectivity index is 1.54. The number of aryl methyl sites for hydroxylation is 3. The Bertz CT molecular complexity index is 924. The molecule has 0 atom stereocenters. The molecule has 2 aromatic rings. The molecule has 2 aromatic heterocycles. The molecule has 0 radical (unpaired) electrons. The van der Waals surface area contributed by atoms with E-state index in [2.05, 4.69) is 28.9 Å². The minimum atomic E-state index is -0.114. The average Bonchev–Trinajstić information content (AvgIpc) is 3.00. The minimum absolute atomic E-state index is 0.0383. The highest BCUT2D eigenvalue weighted by Gasteiger charge is 2.27. The van der Waals surface area contributed by atoms with E-state index >= 15 is 0 Å². The molecule has 0 saturated carbocycles. The van der Waals surface area contributed by atoms with Gasteiger partial charge in [0.2, 0.25) is 5.91 Å². The second-order valence-electron chi connectivity index (χ2n) is 7.91. The Morgan fingerprint density at radius 3 is 2.55 bits per heavy atom. The molecule has 0 bridgehead atoms. The Morgan fingerprint density at radius 2 is 1.97 bits per heavy atom. The Hall–Kier alpha value is -2.64. The van der Waals surface area contributed by atoms with Crippen LogP contribution in [0.25, 0.3) is 0 Å². The van der Waals surface area contributed by atoms with Crippen LogP contribution < -0.4 is 10.5 Å². The van der Waals surface area contributed by atoms with Gasteiger partial charge in [0.15, 0.2) is 0 Å². The smallest absolute Gasteiger partial charge is 0.268 e. The number of carbonyl (C=O) groups is 1. The molecule has 3 heterocycles. The van der Waals surface area contributed by atoms with Crippen molar-refractivity contribution in [3.8, 4) is 0 Å². The van der Waals surface area contributed by atoms with Gasteiger partial charge in [-0.1, -0.05) is 0 Å². The highest BCUT2D eigenvalue weighted by molar-refractivity contribution is 5.79. The van der Waals surface area contributed by atoms with E-state index in [0.717, 1.165) is 50.3 Å². The second-order valence-corrected chi connectivity index (χ2v) is 7.91. The maximum atomic E-state index is 12.9. The highest BCUT2D eigenvalue weighted by Crippen LogP contribution is 2.23. The minimum Gasteiger partial charge on any atom is -0.370 e. The highest BCUT2D eigenvalue weighted by atomic mass is 16.2. The summed E-state index contributed by atoms with van der Waals surface area (Å²) in [7, 11) is 3.54. The van der Waals surface area contributed by atoms with Gasteiger partial charge in [0.05, 0.1) is 17.6 Å². The fourth-order valence-electron chi connectivity index (χ4n) is 4.12. The molecule has 1 saturated heterocycles. The quantitative estimate of drug-likeness (QED) is 0.735. The monoisotopic (exact) mass is 400 g/mol. The zero-order valence-electron chi connectivity index (χ0n) is 18.2. The van der Waals surface area contributed by atoms with Crippen molar-refractivity contribution in [2.24, 2.45) is 13.0 Å². The van der Waals surface area contributed by atoms with E-state index in [-0.39, 0.29) is 17.4 Å². The van der Waals surface area contributed by atoms with Crippen LogP contribution >= 0.6 is 0 Å². The number of hydrogen-bond donors (Lipinski definition) is 0. The molecule has 0 aliphatic carbocycles. The third-order valence-electron chi connectivity index (χ3n) is 6.07. The lowest BCUT2D eigenvalue weighted by Gasteiger charge is -2.34. The van der Waals surface area contributed by atoms with Crippen LogP contribution in [0.5, 0.6) is 0 Å². The molecule has 0 unspecified atom stereocenters. The molecule has 158 valence electrons. The van der Waals surface area contributed by atoms with Crippen molar-refractivity contribution in [1.29, 1.82) is 0 Å². The van der Waals surface area contributed by atoms with Crippen molar-refractivity contribution in [3.05, 3.63) is 39.6 Å². The van der Waals surface area contributed by atoms with Crippen molar-refractivity contribution in [3.63, 3.8) is 0 Å². The molecule has 29 heavy (non-hydrogen) atoms. The predicted octanol–water partition coefficient (Wildman–Crippen LogP) is 1.53. The first-order valence-electron chi connectivity index (χ1n) is 10.4. The van der Waals surface area contributed by atoms with Crippen LogP contribution in [0.3, 0.4) is 0 Å². The largest absolute Gasteiger partial charge is 0.370 e. The third-order valence-corrected chi connectivity index (χ3v) is 6.07. The molecule has 1 fully saturated rings. The fourth-order valence-corrected chi connectivity index (χ4v) is 4.12. The number of piperidine rings is 1. The van der Waals surface area contributed by atoms with Crippen LogP contribution in [-0.4, -0.2) is 57.1 Å². The summed E-state index contributed by atoms with van der Waals surface area (Å²) in [6.45, 7) is 9.33. The Morgan fingerprint density at radius 1 is 1.28 bits per heavy atom. The van der Waals surface area contributed by atoms with E-state index in [1.165, 1.54) is 15.9 Å². The van der Waals surface area contributed by atoms with Crippen LogP contribution in [-0.2, 0) is 24.8 Å². The average molecular weight is 401 g/mol. The molecule has 8 heteroatoms. The molecule has 3 rings (SSSR count). The van der Waals surface area contributed by atoms with Gasteiger partial charge in [0.25, 0.3) is 5.56 Å². The van der Waals surface area contributed by atoms with Crippen molar-refractivity contribution < 1.29 is 4.79 Å². The second kappa shape index (κ2) is 8.80. The number of hydrogen-bond acceptors (Lipinski definition) is 5. The first kappa shape index (κ1) is 21.1. The van der Waals surface area contributed by atoms with Crippen LogP contribution in [0.4, 0.5) is 5.69 Å². The van der Waals surface area contributed by atoms with Crippen molar-refractivity contribution >= 4 is 11.6 Å². The molecule has 1 aliphatic heterocycles. The summed E-state index contributed by atoms with van der Waals surface area (Å²) in [5.41, 5.74) is 4.23. The summed E-state index contributed by atoms with van der Waals surface area (Å²) in [6, 6.07) is 1.61. The van der Waals surface area contributed by atoms with Gasteiger partial charge in [0, 0.05) is 58.0 Å². The lowest BCUT2D eigenvalue weighted by atomic mass is 9.95. The number of carbonyl (C=O) groups excluding carboxylic acids is 1. The predicted molar refractivity (Wildman–Crippen MR) is 113 cm³/mol. The van der Waals surface area contributed by atoms with Crippen molar-refractivity contribution in [1.82, 2.24) is 24.5 Å². The number of amides is 1. The lowest BCUT2D eigenvalue weighted by molar-refractivity contribution is -0.134. The number of nitrogens with zero attached hydrogens (tertiary/aromatic N) is 6.